The minimum absolute atomic E-state index is 0.237. The number of benzene rings is 2. The average molecular weight is 436 g/mol. The van der Waals surface area contributed by atoms with E-state index >= 15 is 0 Å². The predicted molar refractivity (Wildman–Crippen MR) is 123 cm³/mol. The Morgan fingerprint density at radius 1 is 1.00 bits per heavy atom. The molecule has 31 heavy (non-hydrogen) atoms. The van der Waals surface area contributed by atoms with Gasteiger partial charge < -0.3 is 10.2 Å². The quantitative estimate of drug-likeness (QED) is 0.618. The number of carbonyl (C=O) groups is 2. The van der Waals surface area contributed by atoms with Gasteiger partial charge in [-0.25, -0.2) is 4.79 Å². The summed E-state index contributed by atoms with van der Waals surface area (Å²) in [6, 6.07) is 13.0. The lowest BCUT2D eigenvalue weighted by molar-refractivity contribution is -0.119. The highest BCUT2D eigenvalue weighted by Gasteiger charge is 2.34. The smallest absolute Gasteiger partial charge is 0.312 e. The molecule has 0 bridgehead atoms. The number of anilines is 2. The van der Waals surface area contributed by atoms with Crippen LogP contribution >= 0.6 is 11.3 Å². The van der Waals surface area contributed by atoms with Crippen LogP contribution in [0.5, 0.6) is 0 Å². The van der Waals surface area contributed by atoms with Crippen molar-refractivity contribution in [2.45, 2.75) is 39.7 Å². The van der Waals surface area contributed by atoms with E-state index in [4.69, 9.17) is 0 Å². The van der Waals surface area contributed by atoms with Crippen molar-refractivity contribution in [1.29, 1.82) is 0 Å². The van der Waals surface area contributed by atoms with Gasteiger partial charge in [-0.1, -0.05) is 47.2 Å². The molecule has 2 heterocycles. The molecule has 0 spiro atoms. The Hall–Kier alpha value is -3.26. The number of nitrogens with one attached hydrogen (secondary N) is 2. The van der Waals surface area contributed by atoms with E-state index in [0.717, 1.165) is 28.2 Å². The van der Waals surface area contributed by atoms with Crippen molar-refractivity contribution in [3.05, 3.63) is 59.2 Å². The van der Waals surface area contributed by atoms with Crippen LogP contribution in [0.4, 0.5) is 15.6 Å². The Labute approximate surface area is 185 Å². The van der Waals surface area contributed by atoms with Gasteiger partial charge in [-0.05, 0) is 56.9 Å². The third-order valence-corrected chi connectivity index (χ3v) is 6.42. The number of amides is 3. The molecule has 2 N–H and O–H groups in total. The maximum Gasteiger partial charge on any atom is 0.322 e. The molecule has 7 nitrogen and oxygen atoms in total. The summed E-state index contributed by atoms with van der Waals surface area (Å²) in [5.41, 5.74) is 5.12. The number of aryl methyl sites for hydroxylation is 3. The zero-order valence-electron chi connectivity index (χ0n) is 17.8. The molecule has 1 unspecified atom stereocenters. The van der Waals surface area contributed by atoms with Crippen molar-refractivity contribution in [2.24, 2.45) is 0 Å². The highest BCUT2D eigenvalue weighted by atomic mass is 32.1. The van der Waals surface area contributed by atoms with E-state index in [2.05, 4.69) is 20.8 Å². The Morgan fingerprint density at radius 3 is 2.52 bits per heavy atom. The number of rotatable bonds is 4. The molecule has 1 aliphatic rings. The van der Waals surface area contributed by atoms with Crippen molar-refractivity contribution < 1.29 is 9.59 Å². The fraction of sp³-hybridized carbons (Fsp3) is 0.304. The fourth-order valence-electron chi connectivity index (χ4n) is 3.57. The van der Waals surface area contributed by atoms with Crippen LogP contribution in [-0.4, -0.2) is 39.6 Å². The van der Waals surface area contributed by atoms with Gasteiger partial charge in [0.25, 0.3) is 0 Å². The normalized spacial score (nSPS) is 15.7. The van der Waals surface area contributed by atoms with Gasteiger partial charge in [0.2, 0.25) is 11.0 Å². The zero-order chi connectivity index (χ0) is 22.0. The van der Waals surface area contributed by atoms with E-state index in [0.29, 0.717) is 18.1 Å². The lowest BCUT2D eigenvalue weighted by Crippen LogP contribution is -2.45. The fourth-order valence-corrected chi connectivity index (χ4v) is 4.32. The van der Waals surface area contributed by atoms with E-state index < -0.39 is 6.04 Å². The van der Waals surface area contributed by atoms with Crippen LogP contribution in [0, 0.1) is 20.8 Å². The summed E-state index contributed by atoms with van der Waals surface area (Å²) in [7, 11) is 0. The summed E-state index contributed by atoms with van der Waals surface area (Å²) in [6.45, 7) is 6.60. The summed E-state index contributed by atoms with van der Waals surface area (Å²) in [4.78, 5) is 27.3. The van der Waals surface area contributed by atoms with Crippen molar-refractivity contribution in [3.8, 4) is 10.6 Å². The molecule has 1 aliphatic heterocycles. The monoisotopic (exact) mass is 435 g/mol. The molecule has 1 fully saturated rings. The standard InChI is InChI=1S/C23H25N5O2S/c1-14-6-9-17(10-7-14)21-26-27-22(31-21)25-20(29)19-5-4-12-28(19)23(30)24-18-11-8-15(2)16(3)13-18/h6-11,13,19H,4-5,12H2,1-3H3,(H,24,30)(H,25,27,29). The van der Waals surface area contributed by atoms with Gasteiger partial charge in [-0.15, -0.1) is 10.2 Å². The van der Waals surface area contributed by atoms with Gasteiger partial charge in [0, 0.05) is 17.8 Å². The van der Waals surface area contributed by atoms with Gasteiger partial charge >= 0.3 is 6.03 Å². The van der Waals surface area contributed by atoms with Crippen LogP contribution in [0.3, 0.4) is 0 Å². The maximum atomic E-state index is 12.9. The second kappa shape index (κ2) is 8.85. The predicted octanol–water partition coefficient (Wildman–Crippen LogP) is 4.77. The molecule has 3 amide bonds. The van der Waals surface area contributed by atoms with Crippen LogP contribution in [0.25, 0.3) is 10.6 Å². The number of urea groups is 1. The highest BCUT2D eigenvalue weighted by Crippen LogP contribution is 2.28. The van der Waals surface area contributed by atoms with Crippen molar-refractivity contribution in [2.75, 3.05) is 17.2 Å². The molecular weight excluding hydrogens is 410 g/mol. The van der Waals surface area contributed by atoms with Crippen LogP contribution in [0.1, 0.15) is 29.5 Å². The van der Waals surface area contributed by atoms with Gasteiger partial charge in [-0.2, -0.15) is 0 Å². The minimum atomic E-state index is -0.529. The van der Waals surface area contributed by atoms with Gasteiger partial charge in [0.15, 0.2) is 0 Å². The molecule has 2 aromatic carbocycles. The minimum Gasteiger partial charge on any atom is -0.312 e. The lowest BCUT2D eigenvalue weighted by Gasteiger charge is -2.24. The summed E-state index contributed by atoms with van der Waals surface area (Å²) < 4.78 is 0. The van der Waals surface area contributed by atoms with Crippen LogP contribution < -0.4 is 10.6 Å². The molecule has 0 saturated carbocycles. The molecule has 3 aromatic rings. The Morgan fingerprint density at radius 2 is 1.77 bits per heavy atom. The molecule has 0 radical (unpaired) electrons. The highest BCUT2D eigenvalue weighted by molar-refractivity contribution is 7.18. The van der Waals surface area contributed by atoms with Crippen LogP contribution in [0.2, 0.25) is 0 Å². The molecular formula is C23H25N5O2S. The first-order chi connectivity index (χ1) is 14.9. The van der Waals surface area contributed by atoms with Gasteiger partial charge in [0.1, 0.15) is 11.0 Å². The zero-order valence-corrected chi connectivity index (χ0v) is 18.6. The molecule has 4 rings (SSSR count). The lowest BCUT2D eigenvalue weighted by atomic mass is 10.1. The van der Waals surface area contributed by atoms with Crippen molar-refractivity contribution in [3.63, 3.8) is 0 Å². The first-order valence-electron chi connectivity index (χ1n) is 10.3. The molecule has 1 atom stereocenters. The Kier molecular flexibility index (Phi) is 5.99. The van der Waals surface area contributed by atoms with Crippen molar-refractivity contribution >= 4 is 34.1 Å². The number of carbonyl (C=O) groups excluding carboxylic acids is 2. The number of aromatic nitrogens is 2. The maximum absolute atomic E-state index is 12.9. The number of hydrogen-bond donors (Lipinski definition) is 2. The van der Waals surface area contributed by atoms with E-state index in [1.807, 2.05) is 63.2 Å². The second-order valence-electron chi connectivity index (χ2n) is 7.85. The summed E-state index contributed by atoms with van der Waals surface area (Å²) >= 11 is 1.32. The van der Waals surface area contributed by atoms with Gasteiger partial charge in [0.05, 0.1) is 0 Å². The van der Waals surface area contributed by atoms with Crippen LogP contribution in [-0.2, 0) is 4.79 Å². The third kappa shape index (κ3) is 4.74. The molecule has 8 heteroatoms. The van der Waals surface area contributed by atoms with Crippen molar-refractivity contribution in [1.82, 2.24) is 15.1 Å². The summed E-state index contributed by atoms with van der Waals surface area (Å²) in [5.74, 6) is -0.237. The first kappa shape index (κ1) is 21.0. The van der Waals surface area contributed by atoms with Gasteiger partial charge in [-0.3, -0.25) is 10.1 Å². The first-order valence-corrected chi connectivity index (χ1v) is 11.1. The summed E-state index contributed by atoms with van der Waals surface area (Å²) in [6.07, 6.45) is 1.40. The SMILES string of the molecule is Cc1ccc(-c2nnc(NC(=O)C3CCCN3C(=O)Nc3ccc(C)c(C)c3)s2)cc1. The third-order valence-electron chi connectivity index (χ3n) is 5.53. The second-order valence-corrected chi connectivity index (χ2v) is 8.83. The largest absolute Gasteiger partial charge is 0.322 e. The Bertz CT molecular complexity index is 1110. The molecule has 160 valence electrons. The number of hydrogen-bond acceptors (Lipinski definition) is 5. The topological polar surface area (TPSA) is 87.2 Å². The van der Waals surface area contributed by atoms with E-state index in [9.17, 15) is 9.59 Å². The molecule has 1 saturated heterocycles. The molecule has 0 aliphatic carbocycles. The van der Waals surface area contributed by atoms with E-state index in [1.54, 1.807) is 4.90 Å². The summed E-state index contributed by atoms with van der Waals surface area (Å²) in [5, 5.41) is 15.2. The average Bonchev–Trinajstić information content (AvgIpc) is 3.41. The number of likely N-dealkylation sites (tertiary alicyclic amines) is 1. The van der Waals surface area contributed by atoms with Crippen LogP contribution in [0.15, 0.2) is 42.5 Å². The molecule has 1 aromatic heterocycles. The number of nitrogens with zero attached hydrogens (tertiary/aromatic N) is 3. The van der Waals surface area contributed by atoms with E-state index in [-0.39, 0.29) is 11.9 Å². The Balaban J connectivity index is 1.41. The van der Waals surface area contributed by atoms with E-state index in [1.165, 1.54) is 22.5 Å².